The second-order valence-electron chi connectivity index (χ2n) is 4.75. The van der Waals surface area contributed by atoms with Crippen molar-refractivity contribution in [1.29, 1.82) is 0 Å². The molecule has 0 aliphatic carbocycles. The molecule has 20 heavy (non-hydrogen) atoms. The fourth-order valence-electron chi connectivity index (χ4n) is 1.79. The van der Waals surface area contributed by atoms with Crippen molar-refractivity contribution in [2.24, 2.45) is 0 Å². The quantitative estimate of drug-likeness (QED) is 0.884. The minimum absolute atomic E-state index is 0.0674. The van der Waals surface area contributed by atoms with Gasteiger partial charge in [0.2, 0.25) is 5.91 Å². The van der Waals surface area contributed by atoms with Crippen LogP contribution in [0.15, 0.2) is 46.9 Å². The number of anilines is 2. The van der Waals surface area contributed by atoms with Crippen LogP contribution >= 0.6 is 15.9 Å². The molecule has 0 saturated carbocycles. The average Bonchev–Trinajstić information content (AvgIpc) is 2.42. The Bertz CT molecular complexity index is 608. The third kappa shape index (κ3) is 4.10. The van der Waals surface area contributed by atoms with Crippen molar-refractivity contribution in [1.82, 2.24) is 0 Å². The molecule has 104 valence electrons. The number of nitrogens with one attached hydrogen (secondary N) is 2. The number of benzene rings is 2. The lowest BCUT2D eigenvalue weighted by atomic mass is 10.2. The summed E-state index contributed by atoms with van der Waals surface area (Å²) in [5.74, 6) is -0.0674. The van der Waals surface area contributed by atoms with Gasteiger partial charge in [0.1, 0.15) is 0 Å². The predicted octanol–water partition coefficient (Wildman–Crippen LogP) is 4.12. The molecule has 0 fully saturated rings. The molecule has 0 radical (unpaired) electrons. The number of rotatable bonds is 4. The lowest BCUT2D eigenvalue weighted by molar-refractivity contribution is -0.114. The smallest absolute Gasteiger partial charge is 0.243 e. The summed E-state index contributed by atoms with van der Waals surface area (Å²) in [6.07, 6.45) is 0. The highest BCUT2D eigenvalue weighted by molar-refractivity contribution is 9.10. The van der Waals surface area contributed by atoms with Gasteiger partial charge in [0.15, 0.2) is 0 Å². The first-order chi connectivity index (χ1) is 9.54. The van der Waals surface area contributed by atoms with E-state index in [-0.39, 0.29) is 12.5 Å². The molecule has 0 aliphatic heterocycles. The van der Waals surface area contributed by atoms with E-state index in [9.17, 15) is 4.79 Å². The third-order valence-corrected chi connectivity index (χ3v) is 3.59. The van der Waals surface area contributed by atoms with Crippen LogP contribution < -0.4 is 10.6 Å². The molecule has 0 atom stereocenters. The molecular weight excluding hydrogens is 316 g/mol. The van der Waals surface area contributed by atoms with Gasteiger partial charge in [-0.3, -0.25) is 4.79 Å². The first kappa shape index (κ1) is 14.6. The Balaban J connectivity index is 1.92. The van der Waals surface area contributed by atoms with Crippen LogP contribution in [0.5, 0.6) is 0 Å². The first-order valence-electron chi connectivity index (χ1n) is 6.41. The molecule has 2 N–H and O–H groups in total. The zero-order valence-electron chi connectivity index (χ0n) is 11.5. The molecule has 2 aromatic rings. The molecule has 0 spiro atoms. The molecule has 4 heteroatoms. The van der Waals surface area contributed by atoms with Gasteiger partial charge in [0.25, 0.3) is 0 Å². The Kier molecular flexibility index (Phi) is 4.79. The number of hydrogen-bond donors (Lipinski definition) is 2. The first-order valence-corrected chi connectivity index (χ1v) is 7.20. The minimum atomic E-state index is -0.0674. The van der Waals surface area contributed by atoms with Crippen LogP contribution in [0.4, 0.5) is 11.4 Å². The van der Waals surface area contributed by atoms with E-state index in [1.165, 1.54) is 5.56 Å². The van der Waals surface area contributed by atoms with E-state index in [0.717, 1.165) is 21.4 Å². The summed E-state index contributed by atoms with van der Waals surface area (Å²) in [5.41, 5.74) is 4.05. The van der Waals surface area contributed by atoms with Crippen molar-refractivity contribution in [3.05, 3.63) is 58.1 Å². The van der Waals surface area contributed by atoms with E-state index in [1.807, 2.05) is 56.3 Å². The maximum absolute atomic E-state index is 11.9. The van der Waals surface area contributed by atoms with Crippen molar-refractivity contribution in [3.8, 4) is 0 Å². The summed E-state index contributed by atoms with van der Waals surface area (Å²) in [6, 6.07) is 13.7. The van der Waals surface area contributed by atoms with Crippen LogP contribution in [-0.2, 0) is 4.79 Å². The zero-order chi connectivity index (χ0) is 14.5. The van der Waals surface area contributed by atoms with Crippen LogP contribution in [0.1, 0.15) is 11.1 Å². The second kappa shape index (κ2) is 6.57. The van der Waals surface area contributed by atoms with Gasteiger partial charge < -0.3 is 10.6 Å². The molecule has 0 aromatic heterocycles. The minimum Gasteiger partial charge on any atom is -0.375 e. The van der Waals surface area contributed by atoms with Crippen LogP contribution in [0.3, 0.4) is 0 Å². The highest BCUT2D eigenvalue weighted by Gasteiger charge is 2.04. The van der Waals surface area contributed by atoms with E-state index in [2.05, 4.69) is 26.6 Å². The summed E-state index contributed by atoms with van der Waals surface area (Å²) in [7, 11) is 0. The maximum Gasteiger partial charge on any atom is 0.243 e. The Labute approximate surface area is 127 Å². The second-order valence-corrected chi connectivity index (χ2v) is 5.61. The van der Waals surface area contributed by atoms with E-state index in [0.29, 0.717) is 0 Å². The highest BCUT2D eigenvalue weighted by atomic mass is 79.9. The van der Waals surface area contributed by atoms with Crippen LogP contribution in [0.25, 0.3) is 0 Å². The van der Waals surface area contributed by atoms with Crippen molar-refractivity contribution in [2.45, 2.75) is 13.8 Å². The summed E-state index contributed by atoms with van der Waals surface area (Å²) in [6.45, 7) is 4.27. The average molecular weight is 333 g/mol. The molecule has 0 bridgehead atoms. The van der Waals surface area contributed by atoms with E-state index in [4.69, 9.17) is 0 Å². The van der Waals surface area contributed by atoms with Gasteiger partial charge in [0, 0.05) is 15.8 Å². The van der Waals surface area contributed by atoms with Gasteiger partial charge in [-0.05, 0) is 59.6 Å². The molecule has 2 rings (SSSR count). The summed E-state index contributed by atoms with van der Waals surface area (Å²) in [5, 5.41) is 5.98. The fraction of sp³-hybridized carbons (Fsp3) is 0.188. The van der Waals surface area contributed by atoms with Gasteiger partial charge >= 0.3 is 0 Å². The molecular formula is C16H17BrN2O. The number of carbonyl (C=O) groups is 1. The third-order valence-electron chi connectivity index (χ3n) is 2.90. The van der Waals surface area contributed by atoms with Crippen LogP contribution in [-0.4, -0.2) is 12.5 Å². The SMILES string of the molecule is Cc1ccc(NC(=O)CNc2cc(C)ccc2Br)cc1. The van der Waals surface area contributed by atoms with Gasteiger partial charge in [-0.2, -0.15) is 0 Å². The lowest BCUT2D eigenvalue weighted by Gasteiger charge is -2.10. The number of aryl methyl sites for hydroxylation is 2. The van der Waals surface area contributed by atoms with Crippen molar-refractivity contribution < 1.29 is 4.79 Å². The standard InChI is InChI=1S/C16H17BrN2O/c1-11-3-6-13(7-4-11)19-16(20)10-18-15-9-12(2)5-8-14(15)17/h3-9,18H,10H2,1-2H3,(H,19,20). The molecule has 0 unspecified atom stereocenters. The van der Waals surface area contributed by atoms with Crippen molar-refractivity contribution in [2.75, 3.05) is 17.2 Å². The van der Waals surface area contributed by atoms with Gasteiger partial charge in [-0.25, -0.2) is 0 Å². The fourth-order valence-corrected chi connectivity index (χ4v) is 2.18. The Hall–Kier alpha value is -1.81. The predicted molar refractivity (Wildman–Crippen MR) is 87.2 cm³/mol. The van der Waals surface area contributed by atoms with Crippen LogP contribution in [0, 0.1) is 13.8 Å². The molecule has 0 heterocycles. The summed E-state index contributed by atoms with van der Waals surface area (Å²) < 4.78 is 0.950. The van der Waals surface area contributed by atoms with Crippen molar-refractivity contribution in [3.63, 3.8) is 0 Å². The molecule has 3 nitrogen and oxygen atoms in total. The lowest BCUT2D eigenvalue weighted by Crippen LogP contribution is -2.21. The molecule has 0 saturated heterocycles. The van der Waals surface area contributed by atoms with E-state index >= 15 is 0 Å². The number of hydrogen-bond acceptors (Lipinski definition) is 2. The summed E-state index contributed by atoms with van der Waals surface area (Å²) >= 11 is 3.46. The Morgan fingerprint density at radius 3 is 2.40 bits per heavy atom. The van der Waals surface area contributed by atoms with E-state index in [1.54, 1.807) is 0 Å². The van der Waals surface area contributed by atoms with Gasteiger partial charge in [-0.15, -0.1) is 0 Å². The Morgan fingerprint density at radius 2 is 1.70 bits per heavy atom. The number of halogens is 1. The number of amides is 1. The molecule has 0 aliphatic rings. The van der Waals surface area contributed by atoms with Crippen LogP contribution in [0.2, 0.25) is 0 Å². The van der Waals surface area contributed by atoms with E-state index < -0.39 is 0 Å². The van der Waals surface area contributed by atoms with Gasteiger partial charge in [-0.1, -0.05) is 23.8 Å². The maximum atomic E-state index is 11.9. The Morgan fingerprint density at radius 1 is 1.05 bits per heavy atom. The largest absolute Gasteiger partial charge is 0.375 e. The molecule has 1 amide bonds. The van der Waals surface area contributed by atoms with Crippen molar-refractivity contribution >= 4 is 33.2 Å². The monoisotopic (exact) mass is 332 g/mol. The van der Waals surface area contributed by atoms with Gasteiger partial charge in [0.05, 0.1) is 6.54 Å². The number of carbonyl (C=O) groups excluding carboxylic acids is 1. The topological polar surface area (TPSA) is 41.1 Å². The summed E-state index contributed by atoms with van der Waals surface area (Å²) in [4.78, 5) is 11.9. The molecule has 2 aromatic carbocycles. The highest BCUT2D eigenvalue weighted by Crippen LogP contribution is 2.23. The zero-order valence-corrected chi connectivity index (χ0v) is 13.1. The normalized spacial score (nSPS) is 10.2.